The van der Waals surface area contributed by atoms with Crippen molar-refractivity contribution in [1.29, 1.82) is 0 Å². The van der Waals surface area contributed by atoms with Crippen molar-refractivity contribution >= 4 is 30.2 Å². The first kappa shape index (κ1) is 28.4. The summed E-state index contributed by atoms with van der Waals surface area (Å²) in [7, 11) is 1.74. The summed E-state index contributed by atoms with van der Waals surface area (Å²) in [6.45, 7) is 13.5. The number of carbonyl (C=O) groups excluding carboxylic acids is 1. The maximum atomic E-state index is 13.9. The minimum Gasteiger partial charge on any atom is -0.394 e. The van der Waals surface area contributed by atoms with Gasteiger partial charge in [-0.3, -0.25) is 9.79 Å². The van der Waals surface area contributed by atoms with Crippen LogP contribution in [0, 0.1) is 20.8 Å². The van der Waals surface area contributed by atoms with Crippen LogP contribution in [0.5, 0.6) is 0 Å². The predicted octanol–water partition coefficient (Wildman–Crippen LogP) is 4.05. The third kappa shape index (κ3) is 6.33. The fourth-order valence-corrected chi connectivity index (χ4v) is 5.91. The number of hydrogen-bond donors (Lipinski definition) is 2. The molecule has 0 aliphatic carbocycles. The van der Waals surface area contributed by atoms with Crippen molar-refractivity contribution in [2.45, 2.75) is 45.7 Å². The fourth-order valence-electron chi connectivity index (χ4n) is 5.91. The van der Waals surface area contributed by atoms with Gasteiger partial charge in [0.1, 0.15) is 5.82 Å². The average molecular weight is 531 g/mol. The highest BCUT2D eigenvalue weighted by molar-refractivity contribution is 5.99. The Labute approximate surface area is 232 Å². The van der Waals surface area contributed by atoms with Gasteiger partial charge >= 0.3 is 0 Å². The summed E-state index contributed by atoms with van der Waals surface area (Å²) in [5.41, 5.74) is 6.04. The summed E-state index contributed by atoms with van der Waals surface area (Å²) in [6.07, 6.45) is 5.57. The molecule has 39 heavy (non-hydrogen) atoms. The van der Waals surface area contributed by atoms with Crippen molar-refractivity contribution in [3.8, 4) is 0 Å². The van der Waals surface area contributed by atoms with E-state index in [1.165, 1.54) is 0 Å². The lowest BCUT2D eigenvalue weighted by Gasteiger charge is -2.42. The van der Waals surface area contributed by atoms with Gasteiger partial charge in [-0.1, -0.05) is 24.3 Å². The lowest BCUT2D eigenvalue weighted by Crippen LogP contribution is -2.56. The second kappa shape index (κ2) is 12.9. The number of aliphatic hydroxyl groups excluding tert-OH is 1. The van der Waals surface area contributed by atoms with E-state index in [1.54, 1.807) is 13.3 Å². The molecule has 1 atom stereocenters. The van der Waals surface area contributed by atoms with Gasteiger partial charge in [-0.2, -0.15) is 0 Å². The molecule has 0 aromatic heterocycles. The number of aryl methyl sites for hydroxylation is 2. The minimum absolute atomic E-state index is 0.000436. The van der Waals surface area contributed by atoms with Crippen LogP contribution in [0.4, 0.5) is 11.4 Å². The molecule has 2 aliphatic rings. The highest BCUT2D eigenvalue weighted by Gasteiger charge is 2.32. The first-order valence-electron chi connectivity index (χ1n) is 13.8. The Hall–Kier alpha value is -3.65. The molecule has 2 heterocycles. The number of allylic oxidation sites excluding steroid dienone is 1. The molecular weight excluding hydrogens is 488 g/mol. The van der Waals surface area contributed by atoms with Crippen LogP contribution in [-0.2, 0) is 0 Å². The van der Waals surface area contributed by atoms with Gasteiger partial charge in [0.15, 0.2) is 0 Å². The lowest BCUT2D eigenvalue weighted by atomic mass is 9.94. The number of hydrogen-bond acceptors (Lipinski definition) is 7. The topological polar surface area (TPSA) is 83.8 Å². The molecule has 2 aromatic carbocycles. The number of carbonyl (C=O) groups is 1. The molecule has 0 saturated carbocycles. The number of aliphatic hydroxyl groups is 1. The maximum absolute atomic E-state index is 13.9. The molecule has 2 aromatic rings. The van der Waals surface area contributed by atoms with E-state index >= 15 is 0 Å². The second-order valence-electron chi connectivity index (χ2n) is 10.5. The van der Waals surface area contributed by atoms with Gasteiger partial charge in [-0.25, -0.2) is 4.99 Å². The van der Waals surface area contributed by atoms with E-state index in [1.807, 2.05) is 36.1 Å². The van der Waals surface area contributed by atoms with Gasteiger partial charge < -0.3 is 25.1 Å². The van der Waals surface area contributed by atoms with Crippen molar-refractivity contribution in [2.75, 3.05) is 56.6 Å². The highest BCUT2D eigenvalue weighted by atomic mass is 16.3. The van der Waals surface area contributed by atoms with E-state index in [-0.39, 0.29) is 18.6 Å². The Morgan fingerprint density at radius 2 is 1.79 bits per heavy atom. The van der Waals surface area contributed by atoms with E-state index in [0.29, 0.717) is 25.7 Å². The third-order valence-corrected chi connectivity index (χ3v) is 7.96. The Kier molecular flexibility index (Phi) is 9.41. The predicted molar refractivity (Wildman–Crippen MR) is 161 cm³/mol. The number of likely N-dealkylation sites (tertiary alicyclic amines) is 1. The summed E-state index contributed by atoms with van der Waals surface area (Å²) in [4.78, 5) is 28.4. The SMILES string of the molecule is C=N/C(=C\C=N/C)N1CCC(Nc2c(C)cc(C)c(C(=O)N3CCN(c4ccccc4)[C@H](CO)C3)c2C)CC1. The molecular formula is C31H42N6O2. The van der Waals surface area contributed by atoms with E-state index in [2.05, 4.69) is 63.9 Å². The van der Waals surface area contributed by atoms with E-state index < -0.39 is 0 Å². The van der Waals surface area contributed by atoms with Crippen molar-refractivity contribution < 1.29 is 9.90 Å². The number of para-hydroxylation sites is 1. The van der Waals surface area contributed by atoms with E-state index in [0.717, 1.165) is 65.4 Å². The first-order valence-corrected chi connectivity index (χ1v) is 13.8. The van der Waals surface area contributed by atoms with Crippen LogP contribution in [0.15, 0.2) is 58.3 Å². The monoisotopic (exact) mass is 530 g/mol. The van der Waals surface area contributed by atoms with Crippen molar-refractivity contribution in [3.05, 3.63) is 70.5 Å². The molecule has 0 radical (unpaired) electrons. The third-order valence-electron chi connectivity index (χ3n) is 7.96. The largest absolute Gasteiger partial charge is 0.394 e. The van der Waals surface area contributed by atoms with E-state index in [9.17, 15) is 9.90 Å². The standard InChI is InChI=1S/C31H42N6O2/c1-22-19-23(2)30(34-25-12-15-35(16-13-25)28(33-5)11-14-32-4)24(3)29(22)31(39)36-17-18-37(27(20-36)21-38)26-9-7-6-8-10-26/h6-11,14,19,25,27,34,38H,5,12-13,15-18,20-21H2,1-4H3/b28-11+,32-14-/t27-/m0/s1. The second-order valence-corrected chi connectivity index (χ2v) is 10.5. The lowest BCUT2D eigenvalue weighted by molar-refractivity contribution is 0.0698. The van der Waals surface area contributed by atoms with Crippen LogP contribution in [-0.4, -0.2) is 92.2 Å². The summed E-state index contributed by atoms with van der Waals surface area (Å²) >= 11 is 0. The number of piperidine rings is 1. The summed E-state index contributed by atoms with van der Waals surface area (Å²) in [6, 6.07) is 12.4. The molecule has 8 nitrogen and oxygen atoms in total. The zero-order chi connectivity index (χ0) is 27.9. The van der Waals surface area contributed by atoms with Crippen LogP contribution >= 0.6 is 0 Å². The molecule has 0 spiro atoms. The molecule has 0 unspecified atom stereocenters. The van der Waals surface area contributed by atoms with Crippen LogP contribution in [0.3, 0.4) is 0 Å². The number of aliphatic imine (C=N–C) groups is 2. The normalized spacial score (nSPS) is 19.1. The van der Waals surface area contributed by atoms with Crippen molar-refractivity contribution in [1.82, 2.24) is 9.80 Å². The van der Waals surface area contributed by atoms with Crippen LogP contribution in [0.1, 0.15) is 39.9 Å². The van der Waals surface area contributed by atoms with Gasteiger partial charge in [-0.15, -0.1) is 0 Å². The highest BCUT2D eigenvalue weighted by Crippen LogP contribution is 2.31. The first-order chi connectivity index (χ1) is 18.9. The number of benzene rings is 2. The maximum Gasteiger partial charge on any atom is 0.254 e. The molecule has 8 heteroatoms. The number of rotatable bonds is 8. The Balaban J connectivity index is 1.48. The number of nitrogens with one attached hydrogen (secondary N) is 1. The van der Waals surface area contributed by atoms with Crippen LogP contribution < -0.4 is 10.2 Å². The molecule has 208 valence electrons. The number of amides is 1. The van der Waals surface area contributed by atoms with Crippen LogP contribution in [0.25, 0.3) is 0 Å². The van der Waals surface area contributed by atoms with Gasteiger partial charge in [0, 0.05) is 69.0 Å². The smallest absolute Gasteiger partial charge is 0.254 e. The van der Waals surface area contributed by atoms with Gasteiger partial charge in [-0.05, 0) is 75.2 Å². The van der Waals surface area contributed by atoms with Gasteiger partial charge in [0.25, 0.3) is 5.91 Å². The Morgan fingerprint density at radius 1 is 1.08 bits per heavy atom. The molecule has 2 saturated heterocycles. The molecule has 4 rings (SSSR count). The van der Waals surface area contributed by atoms with Crippen molar-refractivity contribution in [2.24, 2.45) is 9.98 Å². The fraction of sp³-hybridized carbons (Fsp3) is 0.452. The molecule has 1 amide bonds. The number of anilines is 2. The molecule has 2 N–H and O–H groups in total. The zero-order valence-corrected chi connectivity index (χ0v) is 23.7. The zero-order valence-electron chi connectivity index (χ0n) is 23.7. The molecule has 2 fully saturated rings. The Bertz CT molecular complexity index is 1220. The minimum atomic E-state index is -0.133. The average Bonchev–Trinajstić information content (AvgIpc) is 2.96. The van der Waals surface area contributed by atoms with E-state index in [4.69, 9.17) is 0 Å². The van der Waals surface area contributed by atoms with Crippen molar-refractivity contribution in [3.63, 3.8) is 0 Å². The number of nitrogens with zero attached hydrogens (tertiary/aromatic N) is 5. The van der Waals surface area contributed by atoms with Gasteiger partial charge in [0.2, 0.25) is 0 Å². The molecule has 0 bridgehead atoms. The van der Waals surface area contributed by atoms with Gasteiger partial charge in [0.05, 0.1) is 12.6 Å². The summed E-state index contributed by atoms with van der Waals surface area (Å²) in [5.74, 6) is 0.890. The van der Waals surface area contributed by atoms with Crippen LogP contribution in [0.2, 0.25) is 0 Å². The quantitative estimate of drug-likeness (QED) is 0.503. The summed E-state index contributed by atoms with van der Waals surface area (Å²) in [5, 5.41) is 13.9. The summed E-state index contributed by atoms with van der Waals surface area (Å²) < 4.78 is 0. The molecule has 2 aliphatic heterocycles. The number of piperazine rings is 1. The Morgan fingerprint density at radius 3 is 2.44 bits per heavy atom.